The van der Waals surface area contributed by atoms with Crippen molar-refractivity contribution in [3.8, 4) is 0 Å². The van der Waals surface area contributed by atoms with Gasteiger partial charge < -0.3 is 0 Å². The monoisotopic (exact) mass is 254 g/mol. The molecule has 0 aromatic rings. The molecule has 0 heterocycles. The van der Waals surface area contributed by atoms with E-state index in [1.54, 1.807) is 0 Å². The zero-order chi connectivity index (χ0) is 14.0. The summed E-state index contributed by atoms with van der Waals surface area (Å²) >= 11 is 0. The van der Waals surface area contributed by atoms with Gasteiger partial charge in [0.15, 0.2) is 0 Å². The first-order chi connectivity index (χ1) is 8.49. The van der Waals surface area contributed by atoms with E-state index in [0.717, 1.165) is 23.7 Å². The minimum Gasteiger partial charge on any atom is -0.0654 e. The van der Waals surface area contributed by atoms with Crippen LogP contribution >= 0.6 is 0 Å². The smallest absolute Gasteiger partial charge is 0.0438 e. The maximum Gasteiger partial charge on any atom is -0.0438 e. The largest absolute Gasteiger partial charge is 0.0654 e. The fourth-order valence-electron chi connectivity index (χ4n) is 3.53. The Balaban J connectivity index is 3.75. The van der Waals surface area contributed by atoms with Crippen LogP contribution in [0.5, 0.6) is 0 Å². The average molecular weight is 255 g/mol. The van der Waals surface area contributed by atoms with Crippen LogP contribution in [0, 0.1) is 23.7 Å². The van der Waals surface area contributed by atoms with Gasteiger partial charge in [-0.3, -0.25) is 0 Å². The molecule has 0 radical (unpaired) electrons. The molecule has 4 atom stereocenters. The molecule has 18 heavy (non-hydrogen) atoms. The van der Waals surface area contributed by atoms with E-state index in [9.17, 15) is 0 Å². The van der Waals surface area contributed by atoms with E-state index >= 15 is 0 Å². The zero-order valence-electron chi connectivity index (χ0n) is 14.0. The van der Waals surface area contributed by atoms with Gasteiger partial charge in [-0.05, 0) is 42.9 Å². The molecule has 0 fully saturated rings. The van der Waals surface area contributed by atoms with Crippen molar-refractivity contribution in [3.63, 3.8) is 0 Å². The Hall–Kier alpha value is 0. The molecule has 0 saturated carbocycles. The van der Waals surface area contributed by atoms with Crippen LogP contribution in [0.4, 0.5) is 0 Å². The topological polar surface area (TPSA) is 0 Å². The van der Waals surface area contributed by atoms with Crippen LogP contribution < -0.4 is 0 Å². The fourth-order valence-corrected chi connectivity index (χ4v) is 3.53. The van der Waals surface area contributed by atoms with Crippen molar-refractivity contribution in [1.82, 2.24) is 0 Å². The van der Waals surface area contributed by atoms with Crippen molar-refractivity contribution >= 4 is 0 Å². The summed E-state index contributed by atoms with van der Waals surface area (Å²) in [6.45, 7) is 14.4. The van der Waals surface area contributed by atoms with Gasteiger partial charge in [0.1, 0.15) is 0 Å². The quantitative estimate of drug-likeness (QED) is 0.385. The highest BCUT2D eigenvalue weighted by Gasteiger charge is 2.14. The molecular weight excluding hydrogens is 216 g/mol. The lowest BCUT2D eigenvalue weighted by Crippen LogP contribution is -2.10. The highest BCUT2D eigenvalue weighted by atomic mass is 14.2. The van der Waals surface area contributed by atoms with Crippen LogP contribution in [0.2, 0.25) is 0 Å². The maximum absolute atomic E-state index is 2.46. The Morgan fingerprint density at radius 1 is 0.556 bits per heavy atom. The molecular formula is C18H38. The normalized spacial score (nSPS) is 18.3. The molecule has 0 aliphatic carbocycles. The summed E-state index contributed by atoms with van der Waals surface area (Å²) in [7, 11) is 0. The zero-order valence-corrected chi connectivity index (χ0v) is 14.0. The van der Waals surface area contributed by atoms with Crippen molar-refractivity contribution in [3.05, 3.63) is 0 Å². The Kier molecular flexibility index (Phi) is 10.9. The SMILES string of the molecule is CCCCC(C)CC(C)CC(C)CC(C)CCC. The third kappa shape index (κ3) is 9.97. The predicted molar refractivity (Wildman–Crippen MR) is 84.9 cm³/mol. The lowest BCUT2D eigenvalue weighted by atomic mass is 9.84. The first kappa shape index (κ1) is 18.0. The first-order valence-electron chi connectivity index (χ1n) is 8.49. The first-order valence-corrected chi connectivity index (χ1v) is 8.49. The second-order valence-corrected chi connectivity index (χ2v) is 7.06. The van der Waals surface area contributed by atoms with Gasteiger partial charge in [-0.2, -0.15) is 0 Å². The van der Waals surface area contributed by atoms with Gasteiger partial charge in [-0.25, -0.2) is 0 Å². The van der Waals surface area contributed by atoms with Gasteiger partial charge >= 0.3 is 0 Å². The summed E-state index contributed by atoms with van der Waals surface area (Å²) < 4.78 is 0. The Morgan fingerprint density at radius 3 is 1.44 bits per heavy atom. The molecule has 0 heteroatoms. The summed E-state index contributed by atoms with van der Waals surface area (Å²) in [5, 5.41) is 0. The van der Waals surface area contributed by atoms with Gasteiger partial charge in [0.2, 0.25) is 0 Å². The molecule has 0 aliphatic heterocycles. The third-order valence-electron chi connectivity index (χ3n) is 4.25. The molecule has 0 aromatic carbocycles. The van der Waals surface area contributed by atoms with Gasteiger partial charge in [0, 0.05) is 0 Å². The molecule has 0 amide bonds. The lowest BCUT2D eigenvalue weighted by molar-refractivity contribution is 0.294. The van der Waals surface area contributed by atoms with Gasteiger partial charge in [0.05, 0.1) is 0 Å². The Morgan fingerprint density at radius 2 is 1.00 bits per heavy atom. The molecule has 0 nitrogen and oxygen atoms in total. The minimum absolute atomic E-state index is 0.917. The Labute approximate surface area is 117 Å². The van der Waals surface area contributed by atoms with Crippen LogP contribution in [-0.2, 0) is 0 Å². The van der Waals surface area contributed by atoms with Gasteiger partial charge in [0.25, 0.3) is 0 Å². The fraction of sp³-hybridized carbons (Fsp3) is 1.00. The summed E-state index contributed by atoms with van der Waals surface area (Å²) in [5.74, 6) is 3.69. The van der Waals surface area contributed by atoms with E-state index in [1.807, 2.05) is 0 Å². The number of hydrogen-bond acceptors (Lipinski definition) is 0. The highest BCUT2D eigenvalue weighted by Crippen LogP contribution is 2.27. The van der Waals surface area contributed by atoms with Gasteiger partial charge in [-0.1, -0.05) is 73.6 Å². The standard InChI is InChI=1S/C18H38/c1-7-9-11-16(4)13-18(6)14-17(5)12-15(3)10-8-2/h15-18H,7-14H2,1-6H3. The molecule has 0 aliphatic rings. The predicted octanol–water partition coefficient (Wildman–Crippen LogP) is 6.69. The molecule has 0 spiro atoms. The van der Waals surface area contributed by atoms with Crippen molar-refractivity contribution in [2.24, 2.45) is 23.7 Å². The molecule has 0 aromatic heterocycles. The highest BCUT2D eigenvalue weighted by molar-refractivity contribution is 4.66. The Bertz CT molecular complexity index is 173. The second kappa shape index (κ2) is 10.9. The van der Waals surface area contributed by atoms with Crippen molar-refractivity contribution in [2.45, 2.75) is 92.9 Å². The molecule has 4 unspecified atom stereocenters. The van der Waals surface area contributed by atoms with Gasteiger partial charge in [-0.15, -0.1) is 0 Å². The van der Waals surface area contributed by atoms with Crippen molar-refractivity contribution in [2.75, 3.05) is 0 Å². The summed E-state index contributed by atoms with van der Waals surface area (Å²) in [5.41, 5.74) is 0. The molecule has 0 saturated heterocycles. The maximum atomic E-state index is 2.46. The number of unbranched alkanes of at least 4 members (excludes halogenated alkanes) is 1. The number of hydrogen-bond donors (Lipinski definition) is 0. The van der Waals surface area contributed by atoms with Crippen molar-refractivity contribution in [1.29, 1.82) is 0 Å². The average Bonchev–Trinajstić information content (AvgIpc) is 2.25. The van der Waals surface area contributed by atoms with E-state index in [0.29, 0.717) is 0 Å². The molecule has 0 N–H and O–H groups in total. The second-order valence-electron chi connectivity index (χ2n) is 7.06. The van der Waals surface area contributed by atoms with E-state index < -0.39 is 0 Å². The summed E-state index contributed by atoms with van der Waals surface area (Å²) in [4.78, 5) is 0. The van der Waals surface area contributed by atoms with E-state index in [4.69, 9.17) is 0 Å². The molecule has 0 rings (SSSR count). The molecule has 110 valence electrons. The van der Waals surface area contributed by atoms with Crippen LogP contribution in [0.15, 0.2) is 0 Å². The van der Waals surface area contributed by atoms with Crippen molar-refractivity contribution < 1.29 is 0 Å². The minimum atomic E-state index is 0.917. The summed E-state index contributed by atoms with van der Waals surface area (Å²) in [6, 6.07) is 0. The van der Waals surface area contributed by atoms with Crippen LogP contribution in [-0.4, -0.2) is 0 Å². The van der Waals surface area contributed by atoms with Crippen LogP contribution in [0.25, 0.3) is 0 Å². The van der Waals surface area contributed by atoms with Crippen LogP contribution in [0.1, 0.15) is 92.9 Å². The van der Waals surface area contributed by atoms with E-state index in [-0.39, 0.29) is 0 Å². The van der Waals surface area contributed by atoms with Crippen LogP contribution in [0.3, 0.4) is 0 Å². The molecule has 0 bridgehead atoms. The third-order valence-corrected chi connectivity index (χ3v) is 4.25. The van der Waals surface area contributed by atoms with E-state index in [2.05, 4.69) is 41.5 Å². The number of rotatable bonds is 11. The summed E-state index contributed by atoms with van der Waals surface area (Å²) in [6.07, 6.45) is 11.3. The lowest BCUT2D eigenvalue weighted by Gasteiger charge is -2.22. The van der Waals surface area contributed by atoms with E-state index in [1.165, 1.54) is 51.4 Å².